The van der Waals surface area contributed by atoms with Crippen LogP contribution in [0.15, 0.2) is 73.3 Å². The minimum absolute atomic E-state index is 0.0322. The van der Waals surface area contributed by atoms with Crippen molar-refractivity contribution in [1.82, 2.24) is 20.2 Å². The summed E-state index contributed by atoms with van der Waals surface area (Å²) in [4.78, 5) is 24.3. The van der Waals surface area contributed by atoms with Crippen LogP contribution in [0.1, 0.15) is 28.8 Å². The van der Waals surface area contributed by atoms with Gasteiger partial charge in [0.2, 0.25) is 0 Å². The van der Waals surface area contributed by atoms with Gasteiger partial charge in [0.15, 0.2) is 0 Å². The Hall–Kier alpha value is -3.05. The smallest absolute Gasteiger partial charge is 0.253 e. The number of nitrogens with one attached hydrogen (secondary N) is 1. The monoisotopic (exact) mass is 398 g/mol. The summed E-state index contributed by atoms with van der Waals surface area (Å²) in [5, 5.41) is 3.37. The van der Waals surface area contributed by atoms with Gasteiger partial charge >= 0.3 is 0 Å². The van der Waals surface area contributed by atoms with E-state index in [2.05, 4.69) is 26.3 Å². The van der Waals surface area contributed by atoms with Gasteiger partial charge in [-0.3, -0.25) is 19.7 Å². The molecule has 3 aliphatic rings. The summed E-state index contributed by atoms with van der Waals surface area (Å²) in [6, 6.07) is 16.6. The van der Waals surface area contributed by atoms with Gasteiger partial charge in [0.1, 0.15) is 0 Å². The molecule has 152 valence electrons. The Kier molecular flexibility index (Phi) is 5.28. The van der Waals surface area contributed by atoms with E-state index >= 15 is 0 Å². The van der Waals surface area contributed by atoms with E-state index in [1.165, 1.54) is 5.56 Å². The number of hydrogen-bond donors (Lipinski definition) is 1. The highest BCUT2D eigenvalue weighted by atomic mass is 16.1. The van der Waals surface area contributed by atoms with Crippen LogP contribution in [0.4, 0.5) is 0 Å². The van der Waals surface area contributed by atoms with Gasteiger partial charge in [-0.25, -0.2) is 0 Å². The molecular weight excluding hydrogens is 372 g/mol. The molecule has 3 saturated heterocycles. The van der Waals surface area contributed by atoms with Crippen LogP contribution in [0.3, 0.4) is 0 Å². The number of amides is 1. The number of benzene rings is 1. The molecule has 3 aliphatic heterocycles. The third kappa shape index (κ3) is 3.85. The van der Waals surface area contributed by atoms with Crippen molar-refractivity contribution >= 4 is 5.91 Å². The van der Waals surface area contributed by atoms with E-state index in [-0.39, 0.29) is 11.9 Å². The average Bonchev–Trinajstić information content (AvgIpc) is 2.82. The van der Waals surface area contributed by atoms with Gasteiger partial charge in [0, 0.05) is 42.4 Å². The van der Waals surface area contributed by atoms with Gasteiger partial charge in [-0.15, -0.1) is 0 Å². The number of hydrogen-bond acceptors (Lipinski definition) is 4. The van der Waals surface area contributed by atoms with E-state index in [0.29, 0.717) is 17.5 Å². The van der Waals surface area contributed by atoms with Crippen molar-refractivity contribution in [3.8, 4) is 11.1 Å². The maximum atomic E-state index is 13.2. The normalized spacial score (nSPS) is 25.1. The Balaban J connectivity index is 1.36. The summed E-state index contributed by atoms with van der Waals surface area (Å²) in [5.41, 5.74) is 3.87. The third-order valence-electron chi connectivity index (χ3n) is 6.54. The Labute approximate surface area is 177 Å². The Morgan fingerprint density at radius 2 is 1.80 bits per heavy atom. The number of piperidine rings is 3. The second-order valence-electron chi connectivity index (χ2n) is 8.33. The molecule has 5 nitrogen and oxygen atoms in total. The fourth-order valence-electron chi connectivity index (χ4n) is 4.97. The number of fused-ring (bicyclic) bond motifs is 3. The molecule has 0 saturated carbocycles. The Bertz CT molecular complexity index is 1000. The molecule has 0 unspecified atom stereocenters. The Morgan fingerprint density at radius 1 is 0.967 bits per heavy atom. The van der Waals surface area contributed by atoms with Crippen LogP contribution < -0.4 is 5.32 Å². The van der Waals surface area contributed by atoms with Crippen LogP contribution in [-0.4, -0.2) is 45.9 Å². The molecule has 0 spiro atoms. The molecule has 2 bridgehead atoms. The molecule has 1 aromatic carbocycles. The molecule has 5 heteroatoms. The van der Waals surface area contributed by atoms with Gasteiger partial charge in [-0.1, -0.05) is 36.4 Å². The van der Waals surface area contributed by atoms with Crippen molar-refractivity contribution in [2.24, 2.45) is 5.92 Å². The van der Waals surface area contributed by atoms with E-state index in [1.807, 2.05) is 61.1 Å². The lowest BCUT2D eigenvalue weighted by Crippen LogP contribution is -2.64. The highest BCUT2D eigenvalue weighted by Gasteiger charge is 2.42. The second-order valence-corrected chi connectivity index (χ2v) is 8.33. The second kappa shape index (κ2) is 8.36. The van der Waals surface area contributed by atoms with Crippen molar-refractivity contribution in [1.29, 1.82) is 0 Å². The van der Waals surface area contributed by atoms with E-state index in [9.17, 15) is 4.79 Å². The number of aromatic nitrogens is 2. The molecule has 2 atom stereocenters. The van der Waals surface area contributed by atoms with E-state index in [0.717, 1.165) is 43.5 Å². The summed E-state index contributed by atoms with van der Waals surface area (Å²) in [5.74, 6) is 0.501. The molecule has 3 aromatic rings. The fraction of sp³-hybridized carbons (Fsp3) is 0.320. The van der Waals surface area contributed by atoms with Crippen LogP contribution in [-0.2, 0) is 6.42 Å². The first kappa shape index (κ1) is 18.9. The molecule has 30 heavy (non-hydrogen) atoms. The molecule has 2 aromatic heterocycles. The SMILES string of the molecule is O=C(N[C@@H]1C2CCN(CC2)[C@H]1Cc1cccnc1)c1cncc(-c2ccccc2)c1. The van der Waals surface area contributed by atoms with Gasteiger partial charge in [-0.2, -0.15) is 0 Å². The first-order valence-electron chi connectivity index (χ1n) is 10.7. The van der Waals surface area contributed by atoms with Gasteiger partial charge in [0.25, 0.3) is 5.91 Å². The van der Waals surface area contributed by atoms with Crippen molar-refractivity contribution in [2.45, 2.75) is 31.3 Å². The molecule has 5 heterocycles. The number of nitrogens with zero attached hydrogens (tertiary/aromatic N) is 3. The Morgan fingerprint density at radius 3 is 2.57 bits per heavy atom. The molecule has 0 radical (unpaired) electrons. The molecule has 0 aliphatic carbocycles. The predicted octanol–water partition coefficient (Wildman–Crippen LogP) is 3.58. The standard InChI is InChI=1S/C25H26N4O/c30-25(22-14-21(16-27-17-22)19-6-2-1-3-7-19)28-24-20-8-11-29(12-9-20)23(24)13-18-5-4-10-26-15-18/h1-7,10,14-17,20,23-24H,8-9,11-13H2,(H,28,30)/t23-,24+/m0/s1. The summed E-state index contributed by atoms with van der Waals surface area (Å²) in [7, 11) is 0. The van der Waals surface area contributed by atoms with Gasteiger partial charge < -0.3 is 5.32 Å². The van der Waals surface area contributed by atoms with Crippen LogP contribution >= 0.6 is 0 Å². The van der Waals surface area contributed by atoms with Crippen molar-refractivity contribution in [3.05, 3.63) is 84.4 Å². The topological polar surface area (TPSA) is 58.1 Å². The van der Waals surface area contributed by atoms with E-state index in [1.54, 1.807) is 6.20 Å². The first-order valence-corrected chi connectivity index (χ1v) is 10.7. The zero-order valence-corrected chi connectivity index (χ0v) is 16.9. The number of pyridine rings is 2. The van der Waals surface area contributed by atoms with Gasteiger partial charge in [0.05, 0.1) is 5.56 Å². The molecule has 1 N–H and O–H groups in total. The lowest BCUT2D eigenvalue weighted by Gasteiger charge is -2.51. The zero-order valence-electron chi connectivity index (χ0n) is 16.9. The van der Waals surface area contributed by atoms with Crippen LogP contribution in [0.5, 0.6) is 0 Å². The van der Waals surface area contributed by atoms with Crippen LogP contribution in [0.25, 0.3) is 11.1 Å². The summed E-state index contributed by atoms with van der Waals surface area (Å²) < 4.78 is 0. The minimum Gasteiger partial charge on any atom is -0.347 e. The van der Waals surface area contributed by atoms with Crippen molar-refractivity contribution in [2.75, 3.05) is 13.1 Å². The zero-order chi connectivity index (χ0) is 20.3. The third-order valence-corrected chi connectivity index (χ3v) is 6.54. The predicted molar refractivity (Wildman–Crippen MR) is 117 cm³/mol. The highest BCUT2D eigenvalue weighted by Crippen LogP contribution is 2.34. The van der Waals surface area contributed by atoms with Crippen LogP contribution in [0.2, 0.25) is 0 Å². The number of carbonyl (C=O) groups is 1. The lowest BCUT2D eigenvalue weighted by molar-refractivity contribution is 0.0136. The summed E-state index contributed by atoms with van der Waals surface area (Å²) in [6.07, 6.45) is 10.4. The molecule has 1 amide bonds. The van der Waals surface area contributed by atoms with Gasteiger partial charge in [-0.05, 0) is 61.5 Å². The maximum Gasteiger partial charge on any atom is 0.253 e. The molecular formula is C25H26N4O. The quantitative estimate of drug-likeness (QED) is 0.714. The fourth-order valence-corrected chi connectivity index (χ4v) is 4.97. The summed E-state index contributed by atoms with van der Waals surface area (Å²) in [6.45, 7) is 2.24. The average molecular weight is 399 g/mol. The lowest BCUT2D eigenvalue weighted by atomic mass is 9.76. The number of rotatable bonds is 5. The number of carbonyl (C=O) groups excluding carboxylic acids is 1. The largest absolute Gasteiger partial charge is 0.347 e. The maximum absolute atomic E-state index is 13.2. The summed E-state index contributed by atoms with van der Waals surface area (Å²) >= 11 is 0. The molecule has 3 fully saturated rings. The van der Waals surface area contributed by atoms with Crippen molar-refractivity contribution < 1.29 is 4.79 Å². The molecule has 6 rings (SSSR count). The minimum atomic E-state index is -0.0322. The highest BCUT2D eigenvalue weighted by molar-refractivity contribution is 5.95. The van der Waals surface area contributed by atoms with E-state index < -0.39 is 0 Å². The van der Waals surface area contributed by atoms with Crippen LogP contribution in [0, 0.1) is 5.92 Å². The van der Waals surface area contributed by atoms with E-state index in [4.69, 9.17) is 0 Å². The first-order chi connectivity index (χ1) is 14.8. The van der Waals surface area contributed by atoms with Crippen molar-refractivity contribution in [3.63, 3.8) is 0 Å².